The molecule has 18 heavy (non-hydrogen) atoms. The maximum Gasteiger partial charge on any atom is 0.260 e. The summed E-state index contributed by atoms with van der Waals surface area (Å²) in [6.45, 7) is 0.922. The minimum absolute atomic E-state index is 0.0430. The number of aliphatic hydroxyl groups excluding tert-OH is 1. The average Bonchev–Trinajstić information content (AvgIpc) is 2.83. The lowest BCUT2D eigenvalue weighted by atomic mass is 10.2. The highest BCUT2D eigenvalue weighted by Crippen LogP contribution is 2.13. The SMILES string of the molecule is N#Cc1ccc(OCC(=O)N2CCC(O)C2)cc1. The summed E-state index contributed by atoms with van der Waals surface area (Å²) in [7, 11) is 0. The lowest BCUT2D eigenvalue weighted by Crippen LogP contribution is -2.33. The summed E-state index contributed by atoms with van der Waals surface area (Å²) >= 11 is 0. The molecule has 94 valence electrons. The maximum atomic E-state index is 11.7. The van der Waals surface area contributed by atoms with Crippen molar-refractivity contribution in [3.8, 4) is 11.8 Å². The van der Waals surface area contributed by atoms with E-state index in [1.807, 2.05) is 6.07 Å². The normalized spacial score (nSPS) is 18.4. The van der Waals surface area contributed by atoms with Crippen molar-refractivity contribution in [2.45, 2.75) is 12.5 Å². The van der Waals surface area contributed by atoms with Gasteiger partial charge in [0, 0.05) is 13.1 Å². The van der Waals surface area contributed by atoms with Gasteiger partial charge in [0.25, 0.3) is 5.91 Å². The van der Waals surface area contributed by atoms with Gasteiger partial charge in [-0.25, -0.2) is 0 Å². The minimum Gasteiger partial charge on any atom is -0.484 e. The van der Waals surface area contributed by atoms with Gasteiger partial charge >= 0.3 is 0 Å². The van der Waals surface area contributed by atoms with Crippen molar-refractivity contribution in [2.24, 2.45) is 0 Å². The standard InChI is InChI=1S/C13H14N2O3/c14-7-10-1-3-12(4-2-10)18-9-13(17)15-6-5-11(16)8-15/h1-4,11,16H,5-6,8-9H2. The van der Waals surface area contributed by atoms with Crippen LogP contribution in [0, 0.1) is 11.3 Å². The van der Waals surface area contributed by atoms with E-state index >= 15 is 0 Å². The van der Waals surface area contributed by atoms with Crippen LogP contribution in [0.4, 0.5) is 0 Å². The van der Waals surface area contributed by atoms with Crippen molar-refractivity contribution in [1.29, 1.82) is 5.26 Å². The molecular weight excluding hydrogens is 232 g/mol. The molecule has 1 amide bonds. The second kappa shape index (κ2) is 5.52. The van der Waals surface area contributed by atoms with Crippen molar-refractivity contribution in [2.75, 3.05) is 19.7 Å². The van der Waals surface area contributed by atoms with E-state index < -0.39 is 6.10 Å². The number of β-amino-alcohol motifs (C(OH)–C–C–N with tert-alkyl or cyclic N) is 1. The number of likely N-dealkylation sites (tertiary alicyclic amines) is 1. The summed E-state index contributed by atoms with van der Waals surface area (Å²) in [5.74, 6) is 0.429. The number of carbonyl (C=O) groups excluding carboxylic acids is 1. The van der Waals surface area contributed by atoms with Crippen molar-refractivity contribution in [3.05, 3.63) is 29.8 Å². The number of aliphatic hydroxyl groups is 1. The van der Waals surface area contributed by atoms with E-state index in [0.717, 1.165) is 0 Å². The molecule has 1 aliphatic heterocycles. The van der Waals surface area contributed by atoms with Gasteiger partial charge in [-0.3, -0.25) is 4.79 Å². The summed E-state index contributed by atoms with van der Waals surface area (Å²) in [6, 6.07) is 8.60. The molecule has 1 aromatic carbocycles. The van der Waals surface area contributed by atoms with Crippen LogP contribution in [0.3, 0.4) is 0 Å². The van der Waals surface area contributed by atoms with Gasteiger partial charge in [-0.1, -0.05) is 0 Å². The Morgan fingerprint density at radius 2 is 2.22 bits per heavy atom. The Morgan fingerprint density at radius 1 is 1.50 bits per heavy atom. The van der Waals surface area contributed by atoms with Crippen LogP contribution in [0.25, 0.3) is 0 Å². The van der Waals surface area contributed by atoms with Gasteiger partial charge in [-0.2, -0.15) is 5.26 Å². The Bertz CT molecular complexity index is 464. The van der Waals surface area contributed by atoms with Gasteiger partial charge in [0.1, 0.15) is 5.75 Å². The molecule has 0 bridgehead atoms. The number of carbonyl (C=O) groups is 1. The van der Waals surface area contributed by atoms with Crippen LogP contribution in [0.5, 0.6) is 5.75 Å². The van der Waals surface area contributed by atoms with Crippen molar-refractivity contribution < 1.29 is 14.6 Å². The molecule has 1 heterocycles. The second-order valence-corrected chi connectivity index (χ2v) is 4.21. The molecule has 0 radical (unpaired) electrons. The molecule has 0 saturated carbocycles. The fourth-order valence-electron chi connectivity index (χ4n) is 1.83. The van der Waals surface area contributed by atoms with Crippen molar-refractivity contribution >= 4 is 5.91 Å². The predicted molar refractivity (Wildman–Crippen MR) is 63.9 cm³/mol. The highest BCUT2D eigenvalue weighted by molar-refractivity contribution is 5.78. The first-order chi connectivity index (χ1) is 8.69. The first-order valence-corrected chi connectivity index (χ1v) is 5.78. The third kappa shape index (κ3) is 2.99. The lowest BCUT2D eigenvalue weighted by Gasteiger charge is -2.15. The van der Waals surface area contributed by atoms with E-state index in [9.17, 15) is 9.90 Å². The van der Waals surface area contributed by atoms with Gasteiger partial charge in [0.15, 0.2) is 6.61 Å². The summed E-state index contributed by atoms with van der Waals surface area (Å²) in [5.41, 5.74) is 0.552. The van der Waals surface area contributed by atoms with Crippen LogP contribution < -0.4 is 4.74 Å². The van der Waals surface area contributed by atoms with Crippen molar-refractivity contribution in [3.63, 3.8) is 0 Å². The number of rotatable bonds is 3. The number of amides is 1. The molecule has 1 aliphatic rings. The third-order valence-electron chi connectivity index (χ3n) is 2.86. The number of hydrogen-bond acceptors (Lipinski definition) is 4. The number of nitrogens with zero attached hydrogens (tertiary/aromatic N) is 2. The molecule has 5 heteroatoms. The molecule has 0 aromatic heterocycles. The molecule has 1 atom stereocenters. The molecule has 1 aromatic rings. The van der Waals surface area contributed by atoms with E-state index in [1.165, 1.54) is 0 Å². The second-order valence-electron chi connectivity index (χ2n) is 4.21. The van der Waals surface area contributed by atoms with E-state index in [2.05, 4.69) is 0 Å². The molecule has 0 spiro atoms. The molecule has 5 nitrogen and oxygen atoms in total. The molecule has 1 unspecified atom stereocenters. The quantitative estimate of drug-likeness (QED) is 0.844. The number of ether oxygens (including phenoxy) is 1. The van der Waals surface area contributed by atoms with Crippen LogP contribution in [-0.2, 0) is 4.79 Å². The van der Waals surface area contributed by atoms with E-state index in [1.54, 1.807) is 29.2 Å². The zero-order valence-electron chi connectivity index (χ0n) is 9.87. The number of nitriles is 1. The maximum absolute atomic E-state index is 11.7. The topological polar surface area (TPSA) is 73.6 Å². The van der Waals surface area contributed by atoms with Gasteiger partial charge in [-0.05, 0) is 30.7 Å². The van der Waals surface area contributed by atoms with Crippen LogP contribution in [0.15, 0.2) is 24.3 Å². The Labute approximate surface area is 105 Å². The first kappa shape index (κ1) is 12.4. The highest BCUT2D eigenvalue weighted by Gasteiger charge is 2.24. The van der Waals surface area contributed by atoms with Gasteiger partial charge in [0.05, 0.1) is 17.7 Å². The van der Waals surface area contributed by atoms with Crippen LogP contribution >= 0.6 is 0 Å². The molecule has 1 N–H and O–H groups in total. The molecule has 1 fully saturated rings. The smallest absolute Gasteiger partial charge is 0.260 e. The summed E-state index contributed by atoms with van der Waals surface area (Å²) in [5, 5.41) is 18.0. The summed E-state index contributed by atoms with van der Waals surface area (Å²) in [6.07, 6.45) is 0.214. The first-order valence-electron chi connectivity index (χ1n) is 5.78. The highest BCUT2D eigenvalue weighted by atomic mass is 16.5. The van der Waals surface area contributed by atoms with Crippen LogP contribution in [0.2, 0.25) is 0 Å². The fourth-order valence-corrected chi connectivity index (χ4v) is 1.83. The fraction of sp³-hybridized carbons (Fsp3) is 0.385. The van der Waals surface area contributed by atoms with Gasteiger partial charge in [-0.15, -0.1) is 0 Å². The largest absolute Gasteiger partial charge is 0.484 e. The average molecular weight is 246 g/mol. The Hall–Kier alpha value is -2.06. The zero-order valence-corrected chi connectivity index (χ0v) is 9.87. The molecule has 0 aliphatic carbocycles. The van der Waals surface area contributed by atoms with Crippen LogP contribution in [-0.4, -0.2) is 41.7 Å². The monoisotopic (exact) mass is 246 g/mol. The predicted octanol–water partition coefficient (Wildman–Crippen LogP) is 0.530. The molecular formula is C13H14N2O3. The van der Waals surface area contributed by atoms with E-state index in [0.29, 0.717) is 30.8 Å². The lowest BCUT2D eigenvalue weighted by molar-refractivity contribution is -0.132. The van der Waals surface area contributed by atoms with Crippen molar-refractivity contribution in [1.82, 2.24) is 4.90 Å². The Morgan fingerprint density at radius 3 is 2.78 bits per heavy atom. The zero-order chi connectivity index (χ0) is 13.0. The van der Waals surface area contributed by atoms with Crippen LogP contribution in [0.1, 0.15) is 12.0 Å². The minimum atomic E-state index is -0.413. The number of benzene rings is 1. The Balaban J connectivity index is 1.84. The van der Waals surface area contributed by atoms with E-state index in [-0.39, 0.29) is 12.5 Å². The van der Waals surface area contributed by atoms with Gasteiger partial charge in [0.2, 0.25) is 0 Å². The van der Waals surface area contributed by atoms with E-state index in [4.69, 9.17) is 10.00 Å². The number of hydrogen-bond donors (Lipinski definition) is 1. The summed E-state index contributed by atoms with van der Waals surface area (Å²) < 4.78 is 5.33. The molecule has 2 rings (SSSR count). The molecule has 1 saturated heterocycles. The third-order valence-corrected chi connectivity index (χ3v) is 2.86. The van der Waals surface area contributed by atoms with Gasteiger partial charge < -0.3 is 14.7 Å². The Kier molecular flexibility index (Phi) is 3.80. The summed E-state index contributed by atoms with van der Waals surface area (Å²) in [4.78, 5) is 13.3.